The highest BCUT2D eigenvalue weighted by Crippen LogP contribution is 2.12. The van der Waals surface area contributed by atoms with Gasteiger partial charge in [0.05, 0.1) is 18.9 Å². The van der Waals surface area contributed by atoms with Gasteiger partial charge in [-0.05, 0) is 24.6 Å². The molecule has 0 aliphatic rings. The van der Waals surface area contributed by atoms with Gasteiger partial charge in [0.2, 0.25) is 23.6 Å². The van der Waals surface area contributed by atoms with Crippen molar-refractivity contribution < 1.29 is 44.1 Å². The molecular formula is C20H27N5O9. The lowest BCUT2D eigenvalue weighted by atomic mass is 10.0. The van der Waals surface area contributed by atoms with Crippen LogP contribution in [-0.4, -0.2) is 75.1 Å². The van der Waals surface area contributed by atoms with Crippen LogP contribution in [0.15, 0.2) is 24.3 Å². The lowest BCUT2D eigenvalue weighted by Gasteiger charge is -2.23. The number of benzene rings is 1. The number of aromatic hydroxyl groups is 1. The first-order valence-corrected chi connectivity index (χ1v) is 9.97. The largest absolute Gasteiger partial charge is 0.508 e. The van der Waals surface area contributed by atoms with E-state index in [1.54, 1.807) is 0 Å². The molecule has 14 nitrogen and oxygen atoms in total. The summed E-state index contributed by atoms with van der Waals surface area (Å²) in [4.78, 5) is 70.4. The molecule has 4 unspecified atom stereocenters. The average molecular weight is 481 g/mol. The number of amides is 4. The molecule has 1 rings (SSSR count). The van der Waals surface area contributed by atoms with Gasteiger partial charge in [-0.1, -0.05) is 12.1 Å². The highest BCUT2D eigenvalue weighted by Gasteiger charge is 2.29. The van der Waals surface area contributed by atoms with E-state index in [4.69, 9.17) is 21.7 Å². The van der Waals surface area contributed by atoms with E-state index in [9.17, 15) is 33.9 Å². The van der Waals surface area contributed by atoms with Crippen LogP contribution in [0.4, 0.5) is 0 Å². The van der Waals surface area contributed by atoms with E-state index in [2.05, 4.69) is 16.0 Å². The van der Waals surface area contributed by atoms with Gasteiger partial charge in [-0.3, -0.25) is 24.0 Å². The lowest BCUT2D eigenvalue weighted by Crippen LogP contribution is -2.57. The quantitative estimate of drug-likeness (QED) is 0.143. The smallest absolute Gasteiger partial charge is 0.326 e. The summed E-state index contributed by atoms with van der Waals surface area (Å²) >= 11 is 0. The Labute approximate surface area is 193 Å². The van der Waals surface area contributed by atoms with Crippen LogP contribution in [0.25, 0.3) is 0 Å². The molecule has 186 valence electrons. The van der Waals surface area contributed by atoms with Crippen LogP contribution in [0.2, 0.25) is 0 Å². The van der Waals surface area contributed by atoms with Gasteiger partial charge in [0.25, 0.3) is 0 Å². The Morgan fingerprint density at radius 2 is 1.41 bits per heavy atom. The molecule has 0 saturated heterocycles. The second-order valence-electron chi connectivity index (χ2n) is 7.44. The number of aliphatic carboxylic acids is 2. The standard InChI is InChI=1S/C20H27N5O9/c1-9(17(30)25-14(20(33)34)8-15(22)27)23-19(32)13(6-10-2-4-11(26)5-3-10)24-18(31)12(21)7-16(28)29/h2-5,9,12-14,26H,6-8,21H2,1H3,(H2,22,27)(H,23,32)(H,24,31)(H,25,30)(H,28,29)(H,33,34). The Hall–Kier alpha value is -4.20. The Kier molecular flexibility index (Phi) is 10.4. The molecule has 34 heavy (non-hydrogen) atoms. The minimum Gasteiger partial charge on any atom is -0.508 e. The van der Waals surface area contributed by atoms with E-state index in [1.807, 2.05) is 0 Å². The fourth-order valence-corrected chi connectivity index (χ4v) is 2.71. The van der Waals surface area contributed by atoms with Gasteiger partial charge in [-0.25, -0.2) is 4.79 Å². The Morgan fingerprint density at radius 1 is 0.853 bits per heavy atom. The Morgan fingerprint density at radius 3 is 1.91 bits per heavy atom. The maximum atomic E-state index is 12.8. The van der Waals surface area contributed by atoms with Crippen LogP contribution in [0, 0.1) is 0 Å². The molecule has 0 saturated carbocycles. The van der Waals surface area contributed by atoms with Gasteiger partial charge < -0.3 is 42.7 Å². The molecule has 4 atom stereocenters. The maximum absolute atomic E-state index is 12.8. The number of nitrogens with two attached hydrogens (primary N) is 2. The Balaban J connectivity index is 2.95. The molecule has 0 heterocycles. The highest BCUT2D eigenvalue weighted by atomic mass is 16.4. The molecule has 0 fully saturated rings. The number of rotatable bonds is 13. The molecule has 0 aliphatic heterocycles. The number of phenolic OH excluding ortho intramolecular Hbond substituents is 1. The topological polar surface area (TPSA) is 251 Å². The molecule has 14 heteroatoms. The van der Waals surface area contributed by atoms with Crippen molar-refractivity contribution in [3.8, 4) is 5.75 Å². The average Bonchev–Trinajstić information content (AvgIpc) is 2.73. The number of nitrogens with one attached hydrogen (secondary N) is 3. The van der Waals surface area contributed by atoms with Crippen molar-refractivity contribution in [2.24, 2.45) is 11.5 Å². The molecule has 1 aromatic carbocycles. The van der Waals surface area contributed by atoms with Crippen LogP contribution in [0.3, 0.4) is 0 Å². The zero-order chi connectivity index (χ0) is 26.0. The van der Waals surface area contributed by atoms with E-state index in [-0.39, 0.29) is 12.2 Å². The van der Waals surface area contributed by atoms with Gasteiger partial charge in [0.1, 0.15) is 23.9 Å². The summed E-state index contributed by atoms with van der Waals surface area (Å²) in [7, 11) is 0. The number of carboxylic acids is 2. The van der Waals surface area contributed by atoms with Gasteiger partial charge in [-0.15, -0.1) is 0 Å². The van der Waals surface area contributed by atoms with E-state index >= 15 is 0 Å². The molecule has 4 amide bonds. The van der Waals surface area contributed by atoms with Crippen LogP contribution in [0.5, 0.6) is 5.75 Å². The van der Waals surface area contributed by atoms with Crippen LogP contribution in [-0.2, 0) is 35.2 Å². The first-order valence-electron chi connectivity index (χ1n) is 9.97. The number of hydrogen-bond acceptors (Lipinski definition) is 8. The minimum atomic E-state index is -1.61. The number of carbonyl (C=O) groups is 6. The maximum Gasteiger partial charge on any atom is 0.326 e. The van der Waals surface area contributed by atoms with E-state index in [1.165, 1.54) is 31.2 Å². The van der Waals surface area contributed by atoms with Crippen molar-refractivity contribution in [3.05, 3.63) is 29.8 Å². The van der Waals surface area contributed by atoms with Crippen molar-refractivity contribution in [1.82, 2.24) is 16.0 Å². The highest BCUT2D eigenvalue weighted by molar-refractivity contribution is 5.95. The molecule has 1 aromatic rings. The number of primary amides is 1. The van der Waals surface area contributed by atoms with Crippen molar-refractivity contribution in [2.75, 3.05) is 0 Å². The van der Waals surface area contributed by atoms with Gasteiger partial charge in [-0.2, -0.15) is 0 Å². The van der Waals surface area contributed by atoms with Crippen molar-refractivity contribution >= 4 is 35.6 Å². The molecule has 0 aliphatic carbocycles. The number of carbonyl (C=O) groups excluding carboxylic acids is 4. The zero-order valence-electron chi connectivity index (χ0n) is 18.2. The van der Waals surface area contributed by atoms with Gasteiger partial charge in [0.15, 0.2) is 0 Å². The summed E-state index contributed by atoms with van der Waals surface area (Å²) in [5.41, 5.74) is 11.0. The molecule has 10 N–H and O–H groups in total. The van der Waals surface area contributed by atoms with Crippen LogP contribution in [0.1, 0.15) is 25.3 Å². The minimum absolute atomic E-state index is 0.0356. The third-order valence-electron chi connectivity index (χ3n) is 4.51. The fraction of sp³-hybridized carbons (Fsp3) is 0.400. The van der Waals surface area contributed by atoms with E-state index in [0.717, 1.165) is 0 Å². The fourth-order valence-electron chi connectivity index (χ4n) is 2.71. The molecule has 0 spiro atoms. The first-order chi connectivity index (χ1) is 15.8. The number of hydrogen-bond donors (Lipinski definition) is 8. The molecule has 0 bridgehead atoms. The van der Waals surface area contributed by atoms with Crippen LogP contribution >= 0.6 is 0 Å². The normalized spacial score (nSPS) is 14.1. The third kappa shape index (κ3) is 9.52. The summed E-state index contributed by atoms with van der Waals surface area (Å²) in [6.07, 6.45) is -1.46. The van der Waals surface area contributed by atoms with E-state index in [0.29, 0.717) is 5.56 Å². The summed E-state index contributed by atoms with van der Waals surface area (Å²) in [6.45, 7) is 1.24. The SMILES string of the molecule is CC(NC(=O)C(Cc1ccc(O)cc1)NC(=O)C(N)CC(=O)O)C(=O)NC(CC(N)=O)C(=O)O. The van der Waals surface area contributed by atoms with Gasteiger partial charge in [0, 0.05) is 6.42 Å². The monoisotopic (exact) mass is 481 g/mol. The van der Waals surface area contributed by atoms with Crippen LogP contribution < -0.4 is 27.4 Å². The number of phenols is 1. The lowest BCUT2D eigenvalue weighted by molar-refractivity contribution is -0.143. The Bertz CT molecular complexity index is 935. The third-order valence-corrected chi connectivity index (χ3v) is 4.51. The molecular weight excluding hydrogens is 454 g/mol. The van der Waals surface area contributed by atoms with Crippen molar-refractivity contribution in [1.29, 1.82) is 0 Å². The van der Waals surface area contributed by atoms with Crippen molar-refractivity contribution in [2.45, 2.75) is 50.4 Å². The van der Waals surface area contributed by atoms with Crippen molar-refractivity contribution in [3.63, 3.8) is 0 Å². The van der Waals surface area contributed by atoms with E-state index < -0.39 is 72.6 Å². The second kappa shape index (κ2) is 12.7. The summed E-state index contributed by atoms with van der Waals surface area (Å²) in [5, 5.41) is 34.0. The summed E-state index contributed by atoms with van der Waals surface area (Å²) in [5.74, 6) is -6.53. The predicted molar refractivity (Wildman–Crippen MR) is 115 cm³/mol. The second-order valence-corrected chi connectivity index (χ2v) is 7.44. The summed E-state index contributed by atoms with van der Waals surface area (Å²) in [6, 6.07) is 0.0328. The first kappa shape index (κ1) is 27.8. The van der Waals surface area contributed by atoms with Gasteiger partial charge >= 0.3 is 11.9 Å². The number of carboxylic acid groups (broad SMARTS) is 2. The summed E-state index contributed by atoms with van der Waals surface area (Å²) < 4.78 is 0. The predicted octanol–water partition coefficient (Wildman–Crippen LogP) is -2.83. The molecule has 0 aromatic heterocycles. The zero-order valence-corrected chi connectivity index (χ0v) is 18.2. The molecule has 0 radical (unpaired) electrons.